The van der Waals surface area contributed by atoms with Crippen molar-refractivity contribution in [1.82, 2.24) is 4.98 Å². The summed E-state index contributed by atoms with van der Waals surface area (Å²) in [6, 6.07) is 1.68. The fourth-order valence-corrected chi connectivity index (χ4v) is 2.06. The van der Waals surface area contributed by atoms with E-state index in [4.69, 9.17) is 4.74 Å². The largest absolute Gasteiger partial charge is 0.370 e. The average molecular weight is 222 g/mol. The standard InChI is InChI=1S/C11H14N2O3/c1-8-3-2-4-11(16-8)9-5-6-12-7-10(9)13(14)15/h5-8,11H,2-4H2,1H3. The van der Waals surface area contributed by atoms with E-state index in [9.17, 15) is 10.1 Å². The summed E-state index contributed by atoms with van der Waals surface area (Å²) < 4.78 is 5.73. The van der Waals surface area contributed by atoms with E-state index in [0.717, 1.165) is 19.3 Å². The maximum atomic E-state index is 10.9. The molecule has 0 bridgehead atoms. The molecule has 1 aromatic heterocycles. The van der Waals surface area contributed by atoms with Gasteiger partial charge < -0.3 is 4.74 Å². The lowest BCUT2D eigenvalue weighted by Gasteiger charge is -2.27. The zero-order valence-corrected chi connectivity index (χ0v) is 9.13. The van der Waals surface area contributed by atoms with E-state index >= 15 is 0 Å². The minimum absolute atomic E-state index is 0.0570. The van der Waals surface area contributed by atoms with Crippen LogP contribution in [0.5, 0.6) is 0 Å². The summed E-state index contributed by atoms with van der Waals surface area (Å²) in [4.78, 5) is 14.2. The molecule has 1 aromatic rings. The van der Waals surface area contributed by atoms with Gasteiger partial charge in [0.2, 0.25) is 0 Å². The van der Waals surface area contributed by atoms with Gasteiger partial charge in [0.05, 0.1) is 22.7 Å². The molecule has 1 saturated heterocycles. The van der Waals surface area contributed by atoms with Gasteiger partial charge in [0.1, 0.15) is 6.20 Å². The third kappa shape index (κ3) is 2.19. The number of pyridine rings is 1. The number of hydrogen-bond acceptors (Lipinski definition) is 4. The van der Waals surface area contributed by atoms with E-state index in [1.165, 1.54) is 6.20 Å². The molecule has 0 aliphatic carbocycles. The number of ether oxygens (including phenoxy) is 1. The highest BCUT2D eigenvalue weighted by molar-refractivity contribution is 5.38. The molecule has 86 valence electrons. The van der Waals surface area contributed by atoms with Crippen LogP contribution in [-0.4, -0.2) is 16.0 Å². The molecule has 16 heavy (non-hydrogen) atoms. The van der Waals surface area contributed by atoms with Crippen LogP contribution in [0, 0.1) is 10.1 Å². The van der Waals surface area contributed by atoms with Crippen molar-refractivity contribution in [3.05, 3.63) is 34.1 Å². The van der Waals surface area contributed by atoms with Crippen molar-refractivity contribution in [2.45, 2.75) is 38.4 Å². The van der Waals surface area contributed by atoms with Gasteiger partial charge in [-0.1, -0.05) is 0 Å². The van der Waals surface area contributed by atoms with Crippen molar-refractivity contribution in [2.24, 2.45) is 0 Å². The SMILES string of the molecule is CC1CCCC(c2ccncc2[N+](=O)[O-])O1. The predicted octanol–water partition coefficient (Wildman–Crippen LogP) is 2.62. The van der Waals surface area contributed by atoms with Crippen LogP contribution >= 0.6 is 0 Å². The third-order valence-corrected chi connectivity index (χ3v) is 2.85. The van der Waals surface area contributed by atoms with Crippen molar-refractivity contribution in [1.29, 1.82) is 0 Å². The van der Waals surface area contributed by atoms with Crippen molar-refractivity contribution >= 4 is 5.69 Å². The molecule has 1 aliphatic heterocycles. The van der Waals surface area contributed by atoms with E-state index in [1.54, 1.807) is 12.3 Å². The molecule has 5 nitrogen and oxygen atoms in total. The molecule has 0 saturated carbocycles. The number of rotatable bonds is 2. The molecule has 2 atom stereocenters. The topological polar surface area (TPSA) is 65.3 Å². The van der Waals surface area contributed by atoms with Gasteiger partial charge in [-0.3, -0.25) is 15.1 Å². The number of hydrogen-bond donors (Lipinski definition) is 0. The van der Waals surface area contributed by atoms with Gasteiger partial charge >= 0.3 is 0 Å². The molecular weight excluding hydrogens is 208 g/mol. The second-order valence-electron chi connectivity index (χ2n) is 4.06. The van der Waals surface area contributed by atoms with E-state index in [-0.39, 0.29) is 17.9 Å². The van der Waals surface area contributed by atoms with Gasteiger partial charge in [0.25, 0.3) is 5.69 Å². The van der Waals surface area contributed by atoms with Gasteiger partial charge in [-0.25, -0.2) is 0 Å². The first kappa shape index (κ1) is 11.0. The molecule has 2 rings (SSSR count). The summed E-state index contributed by atoms with van der Waals surface area (Å²) in [6.07, 6.45) is 5.79. The van der Waals surface area contributed by atoms with Crippen LogP contribution in [0.2, 0.25) is 0 Å². The molecule has 1 fully saturated rings. The first-order valence-corrected chi connectivity index (χ1v) is 5.42. The molecule has 0 N–H and O–H groups in total. The lowest BCUT2D eigenvalue weighted by molar-refractivity contribution is -0.386. The summed E-state index contributed by atoms with van der Waals surface area (Å²) in [7, 11) is 0. The molecule has 2 heterocycles. The van der Waals surface area contributed by atoms with Gasteiger partial charge in [-0.15, -0.1) is 0 Å². The molecule has 0 spiro atoms. The maximum Gasteiger partial charge on any atom is 0.293 e. The molecule has 2 unspecified atom stereocenters. The predicted molar refractivity (Wildman–Crippen MR) is 58.0 cm³/mol. The normalized spacial score (nSPS) is 25.3. The van der Waals surface area contributed by atoms with Crippen LogP contribution in [0.3, 0.4) is 0 Å². The fraction of sp³-hybridized carbons (Fsp3) is 0.545. The summed E-state index contributed by atoms with van der Waals surface area (Å²) >= 11 is 0. The van der Waals surface area contributed by atoms with E-state index < -0.39 is 4.92 Å². The molecule has 0 aromatic carbocycles. The Morgan fingerprint density at radius 3 is 3.06 bits per heavy atom. The Morgan fingerprint density at radius 2 is 2.38 bits per heavy atom. The molecule has 1 aliphatic rings. The Labute approximate surface area is 93.6 Å². The molecule has 0 radical (unpaired) electrons. The van der Waals surface area contributed by atoms with Crippen molar-refractivity contribution in [3.8, 4) is 0 Å². The second kappa shape index (κ2) is 4.57. The second-order valence-corrected chi connectivity index (χ2v) is 4.06. The van der Waals surface area contributed by atoms with Crippen LogP contribution in [0.25, 0.3) is 0 Å². The van der Waals surface area contributed by atoms with Crippen molar-refractivity contribution in [2.75, 3.05) is 0 Å². The monoisotopic (exact) mass is 222 g/mol. The van der Waals surface area contributed by atoms with Gasteiger partial charge in [0.15, 0.2) is 0 Å². The Hall–Kier alpha value is -1.49. The minimum Gasteiger partial charge on any atom is -0.370 e. The first-order valence-electron chi connectivity index (χ1n) is 5.42. The first-order chi connectivity index (χ1) is 7.68. The third-order valence-electron chi connectivity index (χ3n) is 2.85. The van der Waals surface area contributed by atoms with Gasteiger partial charge in [0, 0.05) is 6.20 Å². The minimum atomic E-state index is -0.398. The highest BCUT2D eigenvalue weighted by Gasteiger charge is 2.27. The molecular formula is C11H14N2O3. The number of aromatic nitrogens is 1. The quantitative estimate of drug-likeness (QED) is 0.570. The van der Waals surface area contributed by atoms with E-state index in [1.807, 2.05) is 6.92 Å². The fourth-order valence-electron chi connectivity index (χ4n) is 2.06. The van der Waals surface area contributed by atoms with E-state index in [0.29, 0.717) is 5.56 Å². The molecule has 5 heteroatoms. The van der Waals surface area contributed by atoms with E-state index in [2.05, 4.69) is 4.98 Å². The lowest BCUT2D eigenvalue weighted by Crippen LogP contribution is -2.20. The van der Waals surface area contributed by atoms with Gasteiger partial charge in [-0.05, 0) is 32.3 Å². The number of nitrogens with zero attached hydrogens (tertiary/aromatic N) is 2. The summed E-state index contributed by atoms with van der Waals surface area (Å²) in [5.74, 6) is 0. The highest BCUT2D eigenvalue weighted by atomic mass is 16.6. The van der Waals surface area contributed by atoms with Crippen molar-refractivity contribution in [3.63, 3.8) is 0 Å². The zero-order valence-electron chi connectivity index (χ0n) is 9.13. The van der Waals surface area contributed by atoms with Crippen LogP contribution in [0.4, 0.5) is 5.69 Å². The van der Waals surface area contributed by atoms with Crippen molar-refractivity contribution < 1.29 is 9.66 Å². The highest BCUT2D eigenvalue weighted by Crippen LogP contribution is 2.35. The smallest absolute Gasteiger partial charge is 0.293 e. The zero-order chi connectivity index (χ0) is 11.5. The Morgan fingerprint density at radius 1 is 1.56 bits per heavy atom. The summed E-state index contributed by atoms with van der Waals surface area (Å²) in [5, 5.41) is 10.9. The summed E-state index contributed by atoms with van der Waals surface area (Å²) in [5.41, 5.74) is 0.702. The van der Waals surface area contributed by atoms with Crippen LogP contribution < -0.4 is 0 Å². The van der Waals surface area contributed by atoms with Crippen LogP contribution in [-0.2, 0) is 4.74 Å². The van der Waals surface area contributed by atoms with Crippen LogP contribution in [0.15, 0.2) is 18.5 Å². The number of nitro groups is 1. The average Bonchev–Trinajstić information content (AvgIpc) is 2.29. The van der Waals surface area contributed by atoms with Crippen LogP contribution in [0.1, 0.15) is 37.9 Å². The van der Waals surface area contributed by atoms with Gasteiger partial charge in [-0.2, -0.15) is 0 Å². The Bertz CT molecular complexity index is 395. The Balaban J connectivity index is 2.28. The maximum absolute atomic E-state index is 10.9. The molecule has 0 amide bonds. The lowest BCUT2D eigenvalue weighted by atomic mass is 9.99. The summed E-state index contributed by atoms with van der Waals surface area (Å²) in [6.45, 7) is 2.00. The Kier molecular flexibility index (Phi) is 3.14.